The zero-order chi connectivity index (χ0) is 59.9. The summed E-state index contributed by atoms with van der Waals surface area (Å²) in [5.74, 6) is 0. The molecule has 4 nitrogen and oxygen atoms in total. The third-order valence-electron chi connectivity index (χ3n) is 11.3. The van der Waals surface area contributed by atoms with E-state index >= 15 is 0 Å². The molecule has 0 aromatic heterocycles. The lowest BCUT2D eigenvalue weighted by molar-refractivity contribution is -0.144. The van der Waals surface area contributed by atoms with Crippen LogP contribution >= 0.6 is 0 Å². The normalized spacial score (nSPS) is 12.9. The molecule has 4 N–H and O–H groups in total. The van der Waals surface area contributed by atoms with E-state index in [0.29, 0.717) is 70.8 Å². The topological polar surface area (TPSA) is 48.1 Å². The Hall–Kier alpha value is -7.16. The summed E-state index contributed by atoms with van der Waals surface area (Å²) in [6.45, 7) is -0.0922. The lowest BCUT2D eigenvalue weighted by Crippen LogP contribution is -2.13. The quantitative estimate of drug-likeness (QED) is 0.0730. The molecule has 0 saturated carbocycles. The van der Waals surface area contributed by atoms with Gasteiger partial charge in [0.05, 0.1) is 44.5 Å². The molecular formula is C52H40F24N4. The summed E-state index contributed by atoms with van der Waals surface area (Å²) in [5, 5.41) is 10.2. The van der Waals surface area contributed by atoms with Gasteiger partial charge in [0.1, 0.15) is 0 Å². The van der Waals surface area contributed by atoms with E-state index in [9.17, 15) is 105 Å². The van der Waals surface area contributed by atoms with Crippen molar-refractivity contribution in [1.82, 2.24) is 0 Å². The van der Waals surface area contributed by atoms with Crippen LogP contribution in [0.4, 0.5) is 128 Å². The first-order chi connectivity index (χ1) is 36.6. The molecule has 0 aliphatic rings. The van der Waals surface area contributed by atoms with Crippen LogP contribution in [0.25, 0.3) is 0 Å². The molecule has 80 heavy (non-hydrogen) atoms. The molecule has 0 saturated heterocycles. The van der Waals surface area contributed by atoms with Crippen LogP contribution in [0.5, 0.6) is 0 Å². The van der Waals surface area contributed by atoms with Gasteiger partial charge in [-0.2, -0.15) is 105 Å². The summed E-state index contributed by atoms with van der Waals surface area (Å²) in [5.41, 5.74) is -10.6. The van der Waals surface area contributed by atoms with Gasteiger partial charge < -0.3 is 21.3 Å². The number of benzene rings is 6. The van der Waals surface area contributed by atoms with Gasteiger partial charge in [0.15, 0.2) is 0 Å². The highest BCUT2D eigenvalue weighted by Gasteiger charge is 2.40. The summed E-state index contributed by atoms with van der Waals surface area (Å²) in [6, 6.07) is 17.7. The third kappa shape index (κ3) is 19.6. The lowest BCUT2D eigenvalue weighted by atomic mass is 10.0. The molecule has 0 bridgehead atoms. The van der Waals surface area contributed by atoms with Crippen molar-refractivity contribution in [3.63, 3.8) is 0 Å². The number of alkyl halides is 24. The molecular weight excluding hydrogens is 1140 g/mol. The van der Waals surface area contributed by atoms with Crippen molar-refractivity contribution in [2.75, 3.05) is 47.4 Å². The fourth-order valence-corrected chi connectivity index (χ4v) is 7.51. The van der Waals surface area contributed by atoms with E-state index in [4.69, 9.17) is 0 Å². The number of anilines is 4. The number of rotatable bonds is 16. The van der Waals surface area contributed by atoms with Gasteiger partial charge in [-0.05, 0) is 121 Å². The van der Waals surface area contributed by atoms with E-state index in [2.05, 4.69) is 21.3 Å². The van der Waals surface area contributed by atoms with Gasteiger partial charge in [0.25, 0.3) is 0 Å². The molecule has 0 spiro atoms. The van der Waals surface area contributed by atoms with Crippen LogP contribution in [0.1, 0.15) is 66.8 Å². The van der Waals surface area contributed by atoms with Gasteiger partial charge >= 0.3 is 49.4 Å². The Labute approximate surface area is 438 Å². The predicted octanol–water partition coefficient (Wildman–Crippen LogP) is 18.1. The van der Waals surface area contributed by atoms with Gasteiger partial charge in [-0.15, -0.1) is 0 Å². The zero-order valence-corrected chi connectivity index (χ0v) is 40.3. The molecule has 436 valence electrons. The second kappa shape index (κ2) is 24.7. The molecule has 0 heterocycles. The highest BCUT2D eigenvalue weighted by Crippen LogP contribution is 2.42. The molecule has 0 atom stereocenters. The summed E-state index contributed by atoms with van der Waals surface area (Å²) in [4.78, 5) is 0. The summed E-state index contributed by atoms with van der Waals surface area (Å²) >= 11 is 0. The maximum atomic E-state index is 13.0. The Morgan fingerprint density at radius 1 is 0.212 bits per heavy atom. The fraction of sp³-hybridized carbons (Fsp3) is 0.308. The fourth-order valence-electron chi connectivity index (χ4n) is 7.51. The highest BCUT2D eigenvalue weighted by molar-refractivity contribution is 5.54. The minimum Gasteiger partial charge on any atom is -0.385 e. The lowest BCUT2D eigenvalue weighted by Gasteiger charge is -2.16. The minimum absolute atomic E-state index is 0.0198. The molecule has 28 heteroatoms. The first-order valence-corrected chi connectivity index (χ1v) is 22.9. The predicted molar refractivity (Wildman–Crippen MR) is 247 cm³/mol. The SMILES string of the molecule is FC(F)(F)c1cc(NCCc2cccc(CCNc3cc(C(F)(F)F)cc(C(F)(F)F)c3)c2)cc(C(F)(F)F)c1.FC(F)(F)c1cc(NCCc2cccc(CCNc3cc(C(F)(F)F)cc(C(F)(F)F)c3)c2)cc(C(F)(F)F)c1. The average molecular weight is 1180 g/mol. The number of hydrogen-bond acceptors (Lipinski definition) is 4. The van der Waals surface area contributed by atoms with Crippen LogP contribution in [0.2, 0.25) is 0 Å². The van der Waals surface area contributed by atoms with E-state index in [-0.39, 0.29) is 98.9 Å². The second-order valence-electron chi connectivity index (χ2n) is 17.5. The molecule has 0 radical (unpaired) electrons. The summed E-state index contributed by atoms with van der Waals surface area (Å²) < 4.78 is 313. The molecule has 6 aromatic carbocycles. The van der Waals surface area contributed by atoms with E-state index < -0.39 is 93.9 Å². The molecule has 6 aromatic rings. The summed E-state index contributed by atoms with van der Waals surface area (Å²) in [6.07, 6.45) is -39.1. The van der Waals surface area contributed by atoms with Crippen molar-refractivity contribution in [1.29, 1.82) is 0 Å². The van der Waals surface area contributed by atoms with Crippen LogP contribution in [0.15, 0.2) is 121 Å². The Bertz CT molecular complexity index is 2490. The molecule has 0 unspecified atom stereocenters. The molecule has 0 aliphatic carbocycles. The maximum absolute atomic E-state index is 13.0. The second-order valence-corrected chi connectivity index (χ2v) is 17.5. The van der Waals surface area contributed by atoms with Gasteiger partial charge in [-0.1, -0.05) is 48.5 Å². The van der Waals surface area contributed by atoms with Crippen LogP contribution in [0.3, 0.4) is 0 Å². The van der Waals surface area contributed by atoms with E-state index in [1.54, 1.807) is 48.5 Å². The average Bonchev–Trinajstić information content (AvgIpc) is 3.32. The zero-order valence-electron chi connectivity index (χ0n) is 40.3. The smallest absolute Gasteiger partial charge is 0.385 e. The van der Waals surface area contributed by atoms with Crippen LogP contribution in [0, 0.1) is 0 Å². The Kier molecular flexibility index (Phi) is 19.6. The van der Waals surface area contributed by atoms with E-state index in [1.807, 2.05) is 0 Å². The highest BCUT2D eigenvalue weighted by atomic mass is 19.4. The molecule has 6 rings (SSSR count). The molecule has 0 fully saturated rings. The Morgan fingerprint density at radius 2 is 0.362 bits per heavy atom. The third-order valence-corrected chi connectivity index (χ3v) is 11.3. The van der Waals surface area contributed by atoms with Crippen molar-refractivity contribution in [2.45, 2.75) is 75.1 Å². The maximum Gasteiger partial charge on any atom is 0.416 e. The Balaban J connectivity index is 0.000000294. The van der Waals surface area contributed by atoms with Crippen molar-refractivity contribution in [2.24, 2.45) is 0 Å². The van der Waals surface area contributed by atoms with Crippen molar-refractivity contribution in [3.05, 3.63) is 188 Å². The van der Waals surface area contributed by atoms with Crippen molar-refractivity contribution < 1.29 is 105 Å². The number of nitrogens with one attached hydrogen (secondary N) is 4. The monoisotopic (exact) mass is 1180 g/mol. The number of halogens is 24. The molecule has 0 amide bonds. The first-order valence-electron chi connectivity index (χ1n) is 22.9. The van der Waals surface area contributed by atoms with Crippen LogP contribution in [-0.2, 0) is 75.1 Å². The minimum atomic E-state index is -4.98. The van der Waals surface area contributed by atoms with Crippen LogP contribution < -0.4 is 21.3 Å². The first kappa shape index (κ1) is 63.7. The van der Waals surface area contributed by atoms with E-state index in [0.717, 1.165) is 0 Å². The van der Waals surface area contributed by atoms with Gasteiger partial charge in [0.2, 0.25) is 0 Å². The van der Waals surface area contributed by atoms with Crippen molar-refractivity contribution >= 4 is 22.7 Å². The van der Waals surface area contributed by atoms with E-state index in [1.165, 1.54) is 0 Å². The largest absolute Gasteiger partial charge is 0.416 e. The van der Waals surface area contributed by atoms with Gasteiger partial charge in [0, 0.05) is 48.9 Å². The Morgan fingerprint density at radius 3 is 0.500 bits per heavy atom. The van der Waals surface area contributed by atoms with Gasteiger partial charge in [-0.25, -0.2) is 0 Å². The van der Waals surface area contributed by atoms with Gasteiger partial charge in [-0.3, -0.25) is 0 Å². The molecule has 0 aliphatic heterocycles. The standard InChI is InChI=1S/2C26H20F12N2/c2*27-23(28,29)17-9-18(24(30,31)32)12-21(11-17)39-6-4-15-2-1-3-16(8-15)5-7-40-22-13-19(25(33,34)35)10-20(14-22)26(36,37)38/h2*1-3,8-14,39-40H,4-7H2. The van der Waals surface area contributed by atoms with Crippen molar-refractivity contribution in [3.8, 4) is 0 Å². The van der Waals surface area contributed by atoms with Crippen LogP contribution in [-0.4, -0.2) is 26.2 Å². The number of hydrogen-bond donors (Lipinski definition) is 4. The summed E-state index contributed by atoms with van der Waals surface area (Å²) in [7, 11) is 0.